The van der Waals surface area contributed by atoms with Crippen molar-refractivity contribution < 1.29 is 22.3 Å². The van der Waals surface area contributed by atoms with Gasteiger partial charge in [-0.25, -0.2) is 27.6 Å². The van der Waals surface area contributed by atoms with Crippen LogP contribution >= 0.6 is 11.6 Å². The SMILES string of the molecule is CC(C)c1nc(-c2ccc(NS(=O)(=O)c3ccccc3Cl)c(F)c2)c2c(N)ncc(C3CCC(NC(=O)OC(C)(C)C)CC3)n12. The fraction of sp³-hybridized carbons (Fsp3) is 0.406. The average Bonchev–Trinajstić information content (AvgIpc) is 3.36. The lowest BCUT2D eigenvalue weighted by molar-refractivity contribution is 0.0491. The molecule has 2 aromatic heterocycles. The summed E-state index contributed by atoms with van der Waals surface area (Å²) in [6.45, 7) is 9.55. The first kappa shape index (κ1) is 32.5. The lowest BCUT2D eigenvalue weighted by Crippen LogP contribution is -2.40. The molecule has 1 fully saturated rings. The van der Waals surface area contributed by atoms with Crippen molar-refractivity contribution in [1.29, 1.82) is 0 Å². The van der Waals surface area contributed by atoms with Gasteiger partial charge in [-0.1, -0.05) is 43.6 Å². The number of nitrogen functional groups attached to an aromatic ring is 1. The van der Waals surface area contributed by atoms with E-state index in [1.54, 1.807) is 18.3 Å². The number of amides is 1. The average molecular weight is 657 g/mol. The van der Waals surface area contributed by atoms with Crippen LogP contribution in [0.5, 0.6) is 0 Å². The molecule has 1 amide bonds. The number of hydrogen-bond acceptors (Lipinski definition) is 7. The maximum Gasteiger partial charge on any atom is 0.407 e. The third kappa shape index (κ3) is 7.01. The van der Waals surface area contributed by atoms with Crippen LogP contribution in [0.4, 0.5) is 20.7 Å². The molecule has 0 atom stereocenters. The third-order valence-corrected chi connectivity index (χ3v) is 9.60. The maximum absolute atomic E-state index is 15.5. The van der Waals surface area contributed by atoms with E-state index in [1.807, 2.05) is 39.0 Å². The molecule has 13 heteroatoms. The van der Waals surface area contributed by atoms with Crippen LogP contribution in [0.1, 0.15) is 83.7 Å². The Bertz CT molecular complexity index is 1850. The number of imidazole rings is 1. The van der Waals surface area contributed by atoms with Gasteiger partial charge in [0.2, 0.25) is 0 Å². The van der Waals surface area contributed by atoms with Crippen LogP contribution in [-0.2, 0) is 14.8 Å². The number of aromatic nitrogens is 3. The van der Waals surface area contributed by atoms with Gasteiger partial charge in [-0.05, 0) is 70.7 Å². The highest BCUT2D eigenvalue weighted by Crippen LogP contribution is 2.39. The van der Waals surface area contributed by atoms with Gasteiger partial charge in [0, 0.05) is 35.3 Å². The number of carbonyl (C=O) groups is 1. The predicted molar refractivity (Wildman–Crippen MR) is 174 cm³/mol. The van der Waals surface area contributed by atoms with Crippen LogP contribution in [0.15, 0.2) is 53.6 Å². The summed E-state index contributed by atoms with van der Waals surface area (Å²) in [5.74, 6) is 0.354. The molecule has 0 bridgehead atoms. The molecule has 1 aliphatic rings. The van der Waals surface area contributed by atoms with Gasteiger partial charge in [0.05, 0.1) is 10.7 Å². The number of anilines is 2. The minimum atomic E-state index is -4.13. The minimum absolute atomic E-state index is 0.00326. The molecule has 10 nitrogen and oxygen atoms in total. The lowest BCUT2D eigenvalue weighted by Gasteiger charge is -2.30. The Morgan fingerprint density at radius 1 is 1.13 bits per heavy atom. The second-order valence-corrected chi connectivity index (χ2v) is 14.7. The zero-order valence-corrected chi connectivity index (χ0v) is 27.5. The molecule has 45 heavy (non-hydrogen) atoms. The molecule has 1 saturated carbocycles. The van der Waals surface area contributed by atoms with E-state index in [2.05, 4.69) is 15.0 Å². The third-order valence-electron chi connectivity index (χ3n) is 7.74. The lowest BCUT2D eigenvalue weighted by atomic mass is 9.84. The Hall–Kier alpha value is -3.90. The number of alkyl carbamates (subject to hydrolysis) is 1. The first-order chi connectivity index (χ1) is 21.1. The highest BCUT2D eigenvalue weighted by atomic mass is 35.5. The molecule has 2 heterocycles. The van der Waals surface area contributed by atoms with Crippen LogP contribution < -0.4 is 15.8 Å². The van der Waals surface area contributed by atoms with E-state index < -0.39 is 27.5 Å². The van der Waals surface area contributed by atoms with Gasteiger partial charge in [0.1, 0.15) is 39.2 Å². The number of nitrogens with zero attached hydrogens (tertiary/aromatic N) is 3. The number of nitrogens with one attached hydrogen (secondary N) is 2. The summed E-state index contributed by atoms with van der Waals surface area (Å²) in [6.07, 6.45) is 4.51. The van der Waals surface area contributed by atoms with E-state index in [4.69, 9.17) is 27.1 Å². The van der Waals surface area contributed by atoms with Crippen molar-refractivity contribution in [2.75, 3.05) is 10.5 Å². The van der Waals surface area contributed by atoms with Crippen molar-refractivity contribution >= 4 is 44.7 Å². The predicted octanol–water partition coefficient (Wildman–Crippen LogP) is 7.25. The molecule has 4 aromatic rings. The molecule has 1 aliphatic carbocycles. The molecule has 4 N–H and O–H groups in total. The largest absolute Gasteiger partial charge is 0.444 e. The van der Waals surface area contributed by atoms with Gasteiger partial charge in [-0.3, -0.25) is 9.12 Å². The van der Waals surface area contributed by atoms with E-state index in [-0.39, 0.29) is 39.3 Å². The Balaban J connectivity index is 1.45. The Morgan fingerprint density at radius 3 is 2.44 bits per heavy atom. The molecular weight excluding hydrogens is 619 g/mol. The summed E-state index contributed by atoms with van der Waals surface area (Å²) < 4.78 is 51.0. The van der Waals surface area contributed by atoms with Crippen molar-refractivity contribution in [3.8, 4) is 11.3 Å². The number of sulfonamides is 1. The molecule has 0 aliphatic heterocycles. The normalized spacial score (nSPS) is 17.4. The Labute approximate surface area is 267 Å². The van der Waals surface area contributed by atoms with Crippen LogP contribution in [0.3, 0.4) is 0 Å². The Kier molecular flexibility index (Phi) is 9.01. The summed E-state index contributed by atoms with van der Waals surface area (Å²) in [7, 11) is -4.13. The quantitative estimate of drug-likeness (QED) is 0.190. The molecule has 0 spiro atoms. The highest BCUT2D eigenvalue weighted by molar-refractivity contribution is 7.92. The number of hydrogen-bond donors (Lipinski definition) is 3. The van der Waals surface area contributed by atoms with Gasteiger partial charge in [0.25, 0.3) is 10.0 Å². The Morgan fingerprint density at radius 2 is 1.82 bits per heavy atom. The van der Waals surface area contributed by atoms with E-state index >= 15 is 4.39 Å². The molecule has 0 unspecified atom stereocenters. The topological polar surface area (TPSA) is 141 Å². The van der Waals surface area contributed by atoms with Crippen molar-refractivity contribution in [1.82, 2.24) is 19.7 Å². The van der Waals surface area contributed by atoms with Crippen LogP contribution in [0.25, 0.3) is 16.8 Å². The van der Waals surface area contributed by atoms with Crippen molar-refractivity contribution in [3.63, 3.8) is 0 Å². The molecule has 0 radical (unpaired) electrons. The van der Waals surface area contributed by atoms with Gasteiger partial charge in [-0.15, -0.1) is 0 Å². The zero-order chi connectivity index (χ0) is 32.7. The highest BCUT2D eigenvalue weighted by Gasteiger charge is 2.30. The van der Waals surface area contributed by atoms with E-state index in [0.717, 1.165) is 37.2 Å². The molecule has 0 saturated heterocycles. The van der Waals surface area contributed by atoms with Crippen LogP contribution in [0, 0.1) is 5.82 Å². The summed E-state index contributed by atoms with van der Waals surface area (Å²) >= 11 is 6.07. The second-order valence-electron chi connectivity index (χ2n) is 12.7. The standard InChI is InChI=1S/C32H38ClFN6O4S/c1-18(2)30-38-27(20-12-15-24(23(34)16-20)39-45(42,43)26-9-7-6-8-22(26)33)28-29(35)36-17-25(40(28)30)19-10-13-21(14-11-19)37-31(41)44-32(3,4)5/h6-9,12,15-19,21,39H,10-11,13-14H2,1-5H3,(H2,35,36)(H,37,41). The molecule has 240 valence electrons. The van der Waals surface area contributed by atoms with Crippen molar-refractivity contribution in [2.24, 2.45) is 0 Å². The monoisotopic (exact) mass is 656 g/mol. The van der Waals surface area contributed by atoms with E-state index in [1.165, 1.54) is 30.3 Å². The first-order valence-electron chi connectivity index (χ1n) is 14.9. The minimum Gasteiger partial charge on any atom is -0.444 e. The number of ether oxygens (including phenoxy) is 1. The van der Waals surface area contributed by atoms with Gasteiger partial charge < -0.3 is 15.8 Å². The number of fused-ring (bicyclic) bond motifs is 1. The van der Waals surface area contributed by atoms with Gasteiger partial charge >= 0.3 is 6.09 Å². The molecule has 2 aromatic carbocycles. The number of rotatable bonds is 7. The number of benzene rings is 2. The van der Waals surface area contributed by atoms with Gasteiger partial charge in [-0.2, -0.15) is 0 Å². The number of carbonyl (C=O) groups excluding carboxylic acids is 1. The van der Waals surface area contributed by atoms with Crippen molar-refractivity contribution in [3.05, 3.63) is 71.0 Å². The van der Waals surface area contributed by atoms with Gasteiger partial charge in [0.15, 0.2) is 0 Å². The smallest absolute Gasteiger partial charge is 0.407 e. The van der Waals surface area contributed by atoms with Crippen LogP contribution in [-0.4, -0.2) is 40.5 Å². The number of halogens is 2. The summed E-state index contributed by atoms with van der Waals surface area (Å²) in [5, 5.41) is 3.01. The first-order valence-corrected chi connectivity index (χ1v) is 16.7. The molecule has 5 rings (SSSR count). The van der Waals surface area contributed by atoms with E-state index in [0.29, 0.717) is 16.8 Å². The molecular formula is C32H38ClFN6O4S. The summed E-state index contributed by atoms with van der Waals surface area (Å²) in [5.41, 5.74) is 8.02. The zero-order valence-electron chi connectivity index (χ0n) is 25.9. The van der Waals surface area contributed by atoms with Crippen LogP contribution in [0.2, 0.25) is 5.02 Å². The van der Waals surface area contributed by atoms with Crippen molar-refractivity contribution in [2.45, 2.75) is 88.7 Å². The fourth-order valence-corrected chi connectivity index (χ4v) is 7.27. The maximum atomic E-state index is 15.5. The van der Waals surface area contributed by atoms with E-state index in [9.17, 15) is 13.2 Å². The second kappa shape index (κ2) is 12.5. The number of nitrogens with two attached hydrogens (primary N) is 1. The summed E-state index contributed by atoms with van der Waals surface area (Å²) in [4.78, 5) is 21.6. The summed E-state index contributed by atoms with van der Waals surface area (Å²) in [6, 6.07) is 10.1. The fourth-order valence-electron chi connectivity index (χ4n) is 5.68.